The van der Waals surface area contributed by atoms with Gasteiger partial charge in [-0.15, -0.1) is 0 Å². The predicted octanol–water partition coefficient (Wildman–Crippen LogP) is 5.03. The van der Waals surface area contributed by atoms with Crippen LogP contribution < -0.4 is 0 Å². The lowest BCUT2D eigenvalue weighted by atomic mass is 9.88. The number of benzene rings is 1. The van der Waals surface area contributed by atoms with E-state index in [4.69, 9.17) is 4.74 Å². The summed E-state index contributed by atoms with van der Waals surface area (Å²) in [6.45, 7) is 4.50. The maximum Gasteiger partial charge on any atom is 0.0927 e. The Balaban J connectivity index is 2.03. The van der Waals surface area contributed by atoms with Gasteiger partial charge in [0.25, 0.3) is 0 Å². The Hall–Kier alpha value is -0.340. The Morgan fingerprint density at radius 1 is 1.33 bits per heavy atom. The molecular formula is C16H23BrO. The van der Waals surface area contributed by atoms with Crippen molar-refractivity contribution in [1.29, 1.82) is 0 Å². The molecule has 3 unspecified atom stereocenters. The van der Waals surface area contributed by atoms with Crippen molar-refractivity contribution in [3.05, 3.63) is 35.4 Å². The van der Waals surface area contributed by atoms with Gasteiger partial charge >= 0.3 is 0 Å². The molecule has 100 valence electrons. The maximum atomic E-state index is 6.33. The second-order valence-corrected chi connectivity index (χ2v) is 6.18. The molecule has 2 heteroatoms. The highest BCUT2D eigenvalue weighted by Gasteiger charge is 2.23. The van der Waals surface area contributed by atoms with Crippen LogP contribution in [0.4, 0.5) is 0 Å². The normalized spacial score (nSPS) is 25.9. The quantitative estimate of drug-likeness (QED) is 0.709. The van der Waals surface area contributed by atoms with E-state index >= 15 is 0 Å². The zero-order chi connectivity index (χ0) is 13.0. The number of hydrogen-bond donors (Lipinski definition) is 0. The summed E-state index contributed by atoms with van der Waals surface area (Å²) in [4.78, 5) is 0. The fourth-order valence-electron chi connectivity index (χ4n) is 2.88. The van der Waals surface area contributed by atoms with E-state index in [0.29, 0.717) is 6.10 Å². The third-order valence-corrected chi connectivity index (χ3v) is 4.51. The van der Waals surface area contributed by atoms with Crippen LogP contribution in [-0.2, 0) is 4.74 Å². The molecule has 1 fully saturated rings. The van der Waals surface area contributed by atoms with Gasteiger partial charge in [-0.2, -0.15) is 0 Å². The van der Waals surface area contributed by atoms with Crippen LogP contribution in [-0.4, -0.2) is 11.4 Å². The number of aryl methyl sites for hydroxylation is 1. The van der Waals surface area contributed by atoms with Crippen molar-refractivity contribution in [3.8, 4) is 0 Å². The predicted molar refractivity (Wildman–Crippen MR) is 80.2 cm³/mol. The van der Waals surface area contributed by atoms with E-state index in [-0.39, 0.29) is 6.10 Å². The summed E-state index contributed by atoms with van der Waals surface area (Å²) in [5.74, 6) is 0.816. The zero-order valence-corrected chi connectivity index (χ0v) is 12.9. The van der Waals surface area contributed by atoms with E-state index in [2.05, 4.69) is 54.0 Å². The Morgan fingerprint density at radius 3 is 2.78 bits per heavy atom. The molecule has 0 bridgehead atoms. The molecule has 18 heavy (non-hydrogen) atoms. The number of rotatable bonds is 4. The molecule has 0 heterocycles. The second kappa shape index (κ2) is 6.72. The zero-order valence-electron chi connectivity index (χ0n) is 11.4. The van der Waals surface area contributed by atoms with E-state index < -0.39 is 0 Å². The minimum absolute atomic E-state index is 0.196. The van der Waals surface area contributed by atoms with Gasteiger partial charge in [0.1, 0.15) is 0 Å². The topological polar surface area (TPSA) is 9.23 Å². The average Bonchev–Trinajstić information content (AvgIpc) is 2.37. The van der Waals surface area contributed by atoms with Crippen LogP contribution in [0.5, 0.6) is 0 Å². The van der Waals surface area contributed by atoms with Crippen LogP contribution in [0.3, 0.4) is 0 Å². The summed E-state index contributed by atoms with van der Waals surface area (Å²) >= 11 is 3.60. The molecule has 1 nitrogen and oxygen atoms in total. The summed E-state index contributed by atoms with van der Waals surface area (Å²) in [7, 11) is 0. The van der Waals surface area contributed by atoms with Crippen LogP contribution in [0.25, 0.3) is 0 Å². The molecule has 1 aliphatic rings. The Bertz CT molecular complexity index is 377. The van der Waals surface area contributed by atoms with Gasteiger partial charge in [0, 0.05) is 5.33 Å². The van der Waals surface area contributed by atoms with Crippen molar-refractivity contribution >= 4 is 15.9 Å². The van der Waals surface area contributed by atoms with Gasteiger partial charge in [0.15, 0.2) is 0 Å². The highest BCUT2D eigenvalue weighted by Crippen LogP contribution is 2.31. The highest BCUT2D eigenvalue weighted by molar-refractivity contribution is 9.09. The van der Waals surface area contributed by atoms with Gasteiger partial charge in [-0.25, -0.2) is 0 Å². The Kier molecular flexibility index (Phi) is 5.25. The molecule has 1 aromatic rings. The van der Waals surface area contributed by atoms with E-state index in [1.165, 1.54) is 36.8 Å². The summed E-state index contributed by atoms with van der Waals surface area (Å²) in [5.41, 5.74) is 2.65. The Morgan fingerprint density at radius 2 is 2.11 bits per heavy atom. The van der Waals surface area contributed by atoms with Gasteiger partial charge in [-0.1, -0.05) is 60.0 Å². The van der Waals surface area contributed by atoms with E-state index in [1.54, 1.807) is 0 Å². The summed E-state index contributed by atoms with van der Waals surface area (Å²) < 4.78 is 6.33. The van der Waals surface area contributed by atoms with Gasteiger partial charge in [-0.05, 0) is 36.8 Å². The first-order valence-electron chi connectivity index (χ1n) is 6.97. The SMILES string of the molecule is Cc1ccccc1C(CBr)OC1CCCC(C)C1. The fourth-order valence-corrected chi connectivity index (χ4v) is 3.38. The first kappa shape index (κ1) is 14.1. The van der Waals surface area contributed by atoms with Crippen molar-refractivity contribution in [3.63, 3.8) is 0 Å². The maximum absolute atomic E-state index is 6.33. The first-order chi connectivity index (χ1) is 8.70. The minimum atomic E-state index is 0.196. The minimum Gasteiger partial charge on any atom is -0.369 e. The van der Waals surface area contributed by atoms with E-state index in [1.807, 2.05) is 0 Å². The molecule has 2 rings (SSSR count). The van der Waals surface area contributed by atoms with Crippen LogP contribution in [0.15, 0.2) is 24.3 Å². The second-order valence-electron chi connectivity index (χ2n) is 5.53. The fraction of sp³-hybridized carbons (Fsp3) is 0.625. The van der Waals surface area contributed by atoms with Crippen molar-refractivity contribution < 1.29 is 4.74 Å². The van der Waals surface area contributed by atoms with Gasteiger partial charge in [0.05, 0.1) is 12.2 Å². The lowest BCUT2D eigenvalue weighted by Gasteiger charge is -2.30. The molecule has 0 N–H and O–H groups in total. The van der Waals surface area contributed by atoms with Crippen molar-refractivity contribution in [1.82, 2.24) is 0 Å². The average molecular weight is 311 g/mol. The monoisotopic (exact) mass is 310 g/mol. The molecule has 0 aliphatic heterocycles. The third kappa shape index (κ3) is 3.58. The molecule has 0 spiro atoms. The standard InChI is InChI=1S/C16H23BrO/c1-12-6-5-8-14(10-12)18-16(11-17)15-9-4-3-7-13(15)2/h3-4,7,9,12,14,16H,5-6,8,10-11H2,1-2H3. The molecule has 1 aliphatic carbocycles. The van der Waals surface area contributed by atoms with Crippen LogP contribution in [0, 0.1) is 12.8 Å². The van der Waals surface area contributed by atoms with Crippen molar-refractivity contribution in [2.45, 2.75) is 51.7 Å². The van der Waals surface area contributed by atoms with Crippen LogP contribution >= 0.6 is 15.9 Å². The summed E-state index contributed by atoms with van der Waals surface area (Å²) in [6, 6.07) is 8.54. The molecule has 0 saturated heterocycles. The molecule has 1 saturated carbocycles. The third-order valence-electron chi connectivity index (χ3n) is 3.92. The van der Waals surface area contributed by atoms with Gasteiger partial charge < -0.3 is 4.74 Å². The van der Waals surface area contributed by atoms with Crippen molar-refractivity contribution in [2.24, 2.45) is 5.92 Å². The largest absolute Gasteiger partial charge is 0.369 e. The van der Waals surface area contributed by atoms with Crippen LogP contribution in [0.2, 0.25) is 0 Å². The summed E-state index contributed by atoms with van der Waals surface area (Å²) in [6.07, 6.45) is 5.75. The molecule has 0 aromatic heterocycles. The molecule has 0 amide bonds. The van der Waals surface area contributed by atoms with E-state index in [0.717, 1.165) is 11.2 Å². The van der Waals surface area contributed by atoms with Crippen LogP contribution in [0.1, 0.15) is 49.8 Å². The molecule has 3 atom stereocenters. The van der Waals surface area contributed by atoms with E-state index in [9.17, 15) is 0 Å². The number of halogens is 1. The smallest absolute Gasteiger partial charge is 0.0927 e. The molecule has 0 radical (unpaired) electrons. The van der Waals surface area contributed by atoms with Gasteiger partial charge in [-0.3, -0.25) is 0 Å². The Labute approximate surface area is 119 Å². The number of ether oxygens (including phenoxy) is 1. The number of hydrogen-bond acceptors (Lipinski definition) is 1. The number of alkyl halides is 1. The summed E-state index contributed by atoms with van der Waals surface area (Å²) in [5, 5.41) is 0.878. The van der Waals surface area contributed by atoms with Crippen molar-refractivity contribution in [2.75, 3.05) is 5.33 Å². The highest BCUT2D eigenvalue weighted by atomic mass is 79.9. The lowest BCUT2D eigenvalue weighted by molar-refractivity contribution is -0.0292. The lowest BCUT2D eigenvalue weighted by Crippen LogP contribution is -2.24. The molecular weight excluding hydrogens is 288 g/mol. The van der Waals surface area contributed by atoms with Gasteiger partial charge in [0.2, 0.25) is 0 Å². The first-order valence-corrected chi connectivity index (χ1v) is 8.09. The molecule has 1 aromatic carbocycles.